The Morgan fingerprint density at radius 2 is 1.90 bits per heavy atom. The first-order valence-corrected chi connectivity index (χ1v) is 11.4. The van der Waals surface area contributed by atoms with E-state index in [0.717, 1.165) is 28.0 Å². The molecule has 150 valence electrons. The fourth-order valence-electron chi connectivity index (χ4n) is 4.66. The normalized spacial score (nSPS) is 18.6. The van der Waals surface area contributed by atoms with E-state index in [2.05, 4.69) is 56.7 Å². The van der Waals surface area contributed by atoms with E-state index in [9.17, 15) is 4.79 Å². The van der Waals surface area contributed by atoms with Gasteiger partial charge in [0.25, 0.3) is 5.91 Å². The van der Waals surface area contributed by atoms with E-state index in [1.54, 1.807) is 11.3 Å². The maximum atomic E-state index is 13.6. The summed E-state index contributed by atoms with van der Waals surface area (Å²) in [5.74, 6) is 2.64. The SMILES string of the molecule is C[C@H]1CN(C(=O)c2ccc(-c3ccsc3)c3ccccc23)Cc2nnc(C3CC3)n21. The minimum atomic E-state index is 0.0668. The Labute approximate surface area is 179 Å². The summed E-state index contributed by atoms with van der Waals surface area (Å²) in [5, 5.41) is 15.2. The third-order valence-electron chi connectivity index (χ3n) is 6.27. The number of amides is 1. The lowest BCUT2D eigenvalue weighted by atomic mass is 9.95. The first-order chi connectivity index (χ1) is 14.7. The van der Waals surface area contributed by atoms with E-state index in [1.165, 1.54) is 24.0 Å². The molecule has 0 saturated heterocycles. The number of rotatable bonds is 3. The van der Waals surface area contributed by atoms with Gasteiger partial charge in [-0.2, -0.15) is 11.3 Å². The maximum Gasteiger partial charge on any atom is 0.254 e. The number of hydrogen-bond donors (Lipinski definition) is 0. The molecule has 2 aliphatic rings. The average molecular weight is 415 g/mol. The highest BCUT2D eigenvalue weighted by atomic mass is 32.1. The Hall–Kier alpha value is -2.99. The molecule has 6 rings (SSSR count). The van der Waals surface area contributed by atoms with Gasteiger partial charge < -0.3 is 9.47 Å². The summed E-state index contributed by atoms with van der Waals surface area (Å²) < 4.78 is 2.26. The lowest BCUT2D eigenvalue weighted by molar-refractivity contribution is 0.0681. The summed E-state index contributed by atoms with van der Waals surface area (Å²) in [5.41, 5.74) is 3.12. The molecule has 1 aliphatic carbocycles. The smallest absolute Gasteiger partial charge is 0.254 e. The molecule has 2 aromatic carbocycles. The Morgan fingerprint density at radius 3 is 2.67 bits per heavy atom. The third-order valence-corrected chi connectivity index (χ3v) is 6.95. The van der Waals surface area contributed by atoms with Crippen molar-refractivity contribution in [1.82, 2.24) is 19.7 Å². The van der Waals surface area contributed by atoms with Crippen LogP contribution in [0, 0.1) is 0 Å². The Bertz CT molecular complexity index is 1260. The minimum absolute atomic E-state index is 0.0668. The number of fused-ring (bicyclic) bond motifs is 2. The van der Waals surface area contributed by atoms with E-state index in [4.69, 9.17) is 0 Å². The van der Waals surface area contributed by atoms with Gasteiger partial charge in [-0.15, -0.1) is 10.2 Å². The topological polar surface area (TPSA) is 51.0 Å². The summed E-state index contributed by atoms with van der Waals surface area (Å²) in [6, 6.07) is 14.6. The summed E-state index contributed by atoms with van der Waals surface area (Å²) in [6.07, 6.45) is 2.41. The van der Waals surface area contributed by atoms with Crippen molar-refractivity contribution in [3.63, 3.8) is 0 Å². The van der Waals surface area contributed by atoms with Gasteiger partial charge in [0.2, 0.25) is 0 Å². The second kappa shape index (κ2) is 6.77. The van der Waals surface area contributed by atoms with Crippen molar-refractivity contribution in [2.24, 2.45) is 0 Å². The zero-order valence-electron chi connectivity index (χ0n) is 16.8. The van der Waals surface area contributed by atoms with Gasteiger partial charge in [-0.3, -0.25) is 4.79 Å². The van der Waals surface area contributed by atoms with Crippen LogP contribution >= 0.6 is 11.3 Å². The van der Waals surface area contributed by atoms with Crippen molar-refractivity contribution >= 4 is 28.0 Å². The molecule has 1 saturated carbocycles. The monoisotopic (exact) mass is 414 g/mol. The molecule has 0 radical (unpaired) electrons. The molecular weight excluding hydrogens is 392 g/mol. The molecule has 0 unspecified atom stereocenters. The van der Waals surface area contributed by atoms with E-state index in [-0.39, 0.29) is 11.9 Å². The Kier molecular flexibility index (Phi) is 4.03. The number of carbonyl (C=O) groups is 1. The lowest BCUT2D eigenvalue weighted by Gasteiger charge is -2.33. The van der Waals surface area contributed by atoms with Gasteiger partial charge in [-0.25, -0.2) is 0 Å². The number of thiophene rings is 1. The molecule has 1 aliphatic heterocycles. The van der Waals surface area contributed by atoms with Crippen LogP contribution in [-0.2, 0) is 6.54 Å². The molecule has 5 nitrogen and oxygen atoms in total. The Balaban J connectivity index is 1.38. The molecule has 2 aromatic heterocycles. The first-order valence-electron chi connectivity index (χ1n) is 10.5. The van der Waals surface area contributed by atoms with Crippen LogP contribution in [-0.4, -0.2) is 32.1 Å². The average Bonchev–Trinajstić information content (AvgIpc) is 3.29. The van der Waals surface area contributed by atoms with Gasteiger partial charge >= 0.3 is 0 Å². The van der Waals surface area contributed by atoms with Crippen molar-refractivity contribution in [3.8, 4) is 11.1 Å². The summed E-state index contributed by atoms with van der Waals surface area (Å²) >= 11 is 1.69. The third kappa shape index (κ3) is 2.78. The molecule has 1 atom stereocenters. The predicted octanol–water partition coefficient (Wildman–Crippen LogP) is 5.25. The van der Waals surface area contributed by atoms with Gasteiger partial charge in [0.15, 0.2) is 5.82 Å². The van der Waals surface area contributed by atoms with Crippen LogP contribution in [0.15, 0.2) is 53.2 Å². The molecule has 3 heterocycles. The second-order valence-corrected chi connectivity index (χ2v) is 9.15. The number of benzene rings is 2. The van der Waals surface area contributed by atoms with Crippen molar-refractivity contribution in [3.05, 3.63) is 70.4 Å². The van der Waals surface area contributed by atoms with Crippen LogP contribution in [0.5, 0.6) is 0 Å². The molecule has 1 amide bonds. The van der Waals surface area contributed by atoms with Crippen LogP contribution in [0.4, 0.5) is 0 Å². The van der Waals surface area contributed by atoms with Crippen molar-refractivity contribution in [2.75, 3.05) is 6.54 Å². The standard InChI is InChI=1S/C24H22N4OS/c1-15-12-27(13-22-25-26-23(28(15)22)16-6-7-16)24(29)21-9-8-18(17-10-11-30-14-17)19-4-2-3-5-20(19)21/h2-5,8-11,14-16H,6-7,12-13H2,1H3/t15-/m0/s1. The fourth-order valence-corrected chi connectivity index (χ4v) is 5.32. The molecule has 4 aromatic rings. The second-order valence-electron chi connectivity index (χ2n) is 8.37. The number of carbonyl (C=O) groups excluding carboxylic acids is 1. The van der Waals surface area contributed by atoms with Crippen molar-refractivity contribution in [2.45, 2.75) is 38.3 Å². The van der Waals surface area contributed by atoms with Crippen LogP contribution in [0.2, 0.25) is 0 Å². The number of nitrogens with zero attached hydrogens (tertiary/aromatic N) is 4. The van der Waals surface area contributed by atoms with Crippen LogP contribution < -0.4 is 0 Å². The lowest BCUT2D eigenvalue weighted by Crippen LogP contribution is -2.40. The van der Waals surface area contributed by atoms with Crippen molar-refractivity contribution < 1.29 is 4.79 Å². The van der Waals surface area contributed by atoms with Crippen LogP contribution in [0.1, 0.15) is 53.7 Å². The summed E-state index contributed by atoms with van der Waals surface area (Å²) in [4.78, 5) is 15.5. The molecule has 0 spiro atoms. The quantitative estimate of drug-likeness (QED) is 0.460. The molecule has 6 heteroatoms. The summed E-state index contributed by atoms with van der Waals surface area (Å²) in [6.45, 7) is 3.36. The minimum Gasteiger partial charge on any atom is -0.329 e. The Morgan fingerprint density at radius 1 is 1.07 bits per heavy atom. The van der Waals surface area contributed by atoms with Gasteiger partial charge in [0, 0.05) is 18.0 Å². The first kappa shape index (κ1) is 17.8. The number of hydrogen-bond acceptors (Lipinski definition) is 4. The molecule has 0 bridgehead atoms. The highest BCUT2D eigenvalue weighted by molar-refractivity contribution is 7.08. The van der Waals surface area contributed by atoms with Gasteiger partial charge in [-0.1, -0.05) is 30.3 Å². The van der Waals surface area contributed by atoms with E-state index in [0.29, 0.717) is 19.0 Å². The molecule has 0 N–H and O–H groups in total. The van der Waals surface area contributed by atoms with Gasteiger partial charge in [0.05, 0.1) is 12.6 Å². The zero-order chi connectivity index (χ0) is 20.2. The van der Waals surface area contributed by atoms with Crippen molar-refractivity contribution in [1.29, 1.82) is 0 Å². The highest BCUT2D eigenvalue weighted by Gasteiger charge is 2.36. The maximum absolute atomic E-state index is 13.6. The van der Waals surface area contributed by atoms with Crippen LogP contribution in [0.3, 0.4) is 0 Å². The molecule has 30 heavy (non-hydrogen) atoms. The number of aromatic nitrogens is 3. The fraction of sp³-hybridized carbons (Fsp3) is 0.292. The van der Waals surface area contributed by atoms with E-state index < -0.39 is 0 Å². The molecular formula is C24H22N4OS. The van der Waals surface area contributed by atoms with Gasteiger partial charge in [-0.05, 0) is 64.6 Å². The van der Waals surface area contributed by atoms with Crippen LogP contribution in [0.25, 0.3) is 21.9 Å². The zero-order valence-corrected chi connectivity index (χ0v) is 17.6. The summed E-state index contributed by atoms with van der Waals surface area (Å²) in [7, 11) is 0. The largest absolute Gasteiger partial charge is 0.329 e. The van der Waals surface area contributed by atoms with Gasteiger partial charge in [0.1, 0.15) is 5.82 Å². The predicted molar refractivity (Wildman–Crippen MR) is 119 cm³/mol. The van der Waals surface area contributed by atoms with E-state index in [1.807, 2.05) is 23.1 Å². The molecule has 1 fully saturated rings. The highest BCUT2D eigenvalue weighted by Crippen LogP contribution is 2.41. The van der Waals surface area contributed by atoms with E-state index >= 15 is 0 Å².